The number of ether oxygens (including phenoxy) is 1. The van der Waals surface area contributed by atoms with Crippen molar-refractivity contribution in [2.75, 3.05) is 6.61 Å². The summed E-state index contributed by atoms with van der Waals surface area (Å²) in [6, 6.07) is 2.34. The van der Waals surface area contributed by atoms with Gasteiger partial charge in [0.25, 0.3) is 0 Å². The molecule has 1 saturated carbocycles. The summed E-state index contributed by atoms with van der Waals surface area (Å²) < 4.78 is 44.7. The maximum Gasteiger partial charge on any atom is 0.423 e. The first kappa shape index (κ1) is 20.6. The van der Waals surface area contributed by atoms with Gasteiger partial charge in [0, 0.05) is 6.42 Å². The summed E-state index contributed by atoms with van der Waals surface area (Å²) in [4.78, 5) is 12.3. The van der Waals surface area contributed by atoms with Gasteiger partial charge in [-0.3, -0.25) is 4.79 Å². The minimum absolute atomic E-state index is 0.0375. The van der Waals surface area contributed by atoms with Crippen LogP contribution in [0.4, 0.5) is 13.2 Å². The number of carbonyl (C=O) groups is 1. The third-order valence-corrected chi connectivity index (χ3v) is 5.18. The van der Waals surface area contributed by atoms with Crippen LogP contribution >= 0.6 is 0 Å². The van der Waals surface area contributed by atoms with Gasteiger partial charge in [-0.15, -0.1) is 0 Å². The highest BCUT2D eigenvalue weighted by Crippen LogP contribution is 2.44. The minimum Gasteiger partial charge on any atom is -0.506 e. The Morgan fingerprint density at radius 1 is 1.23 bits per heavy atom. The number of hydrogen-bond donors (Lipinski definition) is 1. The van der Waals surface area contributed by atoms with Crippen LogP contribution in [-0.2, 0) is 6.18 Å². The van der Waals surface area contributed by atoms with E-state index in [1.807, 2.05) is 0 Å². The normalized spacial score (nSPS) is 20.8. The molecule has 0 unspecified atom stereocenters. The van der Waals surface area contributed by atoms with Crippen LogP contribution in [0.5, 0.6) is 11.5 Å². The zero-order valence-corrected chi connectivity index (χ0v) is 15.4. The molecule has 1 aliphatic rings. The summed E-state index contributed by atoms with van der Waals surface area (Å²) >= 11 is 0. The van der Waals surface area contributed by atoms with E-state index in [9.17, 15) is 23.1 Å². The van der Waals surface area contributed by atoms with Gasteiger partial charge < -0.3 is 9.84 Å². The Kier molecular flexibility index (Phi) is 6.95. The van der Waals surface area contributed by atoms with Gasteiger partial charge >= 0.3 is 6.18 Å². The molecule has 1 aromatic carbocycles. The molecular weight excluding hydrogens is 345 g/mol. The number of Topliss-reactive ketones (excluding diaryl/α,β-unsaturated/α-hetero) is 1. The molecule has 1 N–H and O–H groups in total. The molecule has 1 aliphatic carbocycles. The topological polar surface area (TPSA) is 46.5 Å². The molecule has 3 nitrogen and oxygen atoms in total. The Labute approximate surface area is 152 Å². The van der Waals surface area contributed by atoms with Crippen molar-refractivity contribution >= 4 is 5.78 Å². The molecule has 146 valence electrons. The summed E-state index contributed by atoms with van der Waals surface area (Å²) in [7, 11) is 0. The number of phenols is 1. The van der Waals surface area contributed by atoms with Gasteiger partial charge in [-0.2, -0.15) is 13.2 Å². The predicted octanol–water partition coefficient (Wildman–Crippen LogP) is 5.99. The van der Waals surface area contributed by atoms with E-state index >= 15 is 0 Å². The highest BCUT2D eigenvalue weighted by atomic mass is 19.4. The average Bonchev–Trinajstić information content (AvgIpc) is 2.56. The predicted molar refractivity (Wildman–Crippen MR) is 93.6 cm³/mol. The minimum atomic E-state index is -4.79. The van der Waals surface area contributed by atoms with Crippen molar-refractivity contribution < 1.29 is 27.8 Å². The zero-order valence-electron chi connectivity index (χ0n) is 15.4. The first-order chi connectivity index (χ1) is 12.2. The SMILES string of the molecule is CCOc1ccc(C(=O)CCCC2CCC(C)CC2)c(O)c1C(F)(F)F. The van der Waals surface area contributed by atoms with E-state index in [1.54, 1.807) is 6.92 Å². The molecule has 0 aromatic heterocycles. The van der Waals surface area contributed by atoms with Crippen LogP contribution in [-0.4, -0.2) is 17.5 Å². The number of phenolic OH excluding ortho intramolecular Hbond substituents is 1. The van der Waals surface area contributed by atoms with Crippen molar-refractivity contribution in [1.82, 2.24) is 0 Å². The first-order valence-corrected chi connectivity index (χ1v) is 9.33. The van der Waals surface area contributed by atoms with E-state index in [0.717, 1.165) is 31.2 Å². The molecule has 0 aliphatic heterocycles. The van der Waals surface area contributed by atoms with E-state index in [2.05, 4.69) is 6.92 Å². The molecule has 26 heavy (non-hydrogen) atoms. The van der Waals surface area contributed by atoms with Crippen LogP contribution in [0.1, 0.15) is 74.7 Å². The van der Waals surface area contributed by atoms with E-state index < -0.39 is 29.0 Å². The quantitative estimate of drug-likeness (QED) is 0.598. The lowest BCUT2D eigenvalue weighted by Gasteiger charge is -2.25. The lowest BCUT2D eigenvalue weighted by Crippen LogP contribution is -2.13. The van der Waals surface area contributed by atoms with Crippen molar-refractivity contribution in [1.29, 1.82) is 0 Å². The van der Waals surface area contributed by atoms with Crippen molar-refractivity contribution in [3.63, 3.8) is 0 Å². The number of aromatic hydroxyl groups is 1. The fourth-order valence-electron chi connectivity index (χ4n) is 3.65. The molecule has 0 amide bonds. The largest absolute Gasteiger partial charge is 0.506 e. The van der Waals surface area contributed by atoms with Crippen molar-refractivity contribution in [3.8, 4) is 11.5 Å². The van der Waals surface area contributed by atoms with Gasteiger partial charge in [0.2, 0.25) is 0 Å². The van der Waals surface area contributed by atoms with Gasteiger partial charge in [-0.1, -0.05) is 39.0 Å². The number of alkyl halides is 3. The average molecular weight is 372 g/mol. The molecule has 0 heterocycles. The fraction of sp³-hybridized carbons (Fsp3) is 0.650. The fourth-order valence-corrected chi connectivity index (χ4v) is 3.65. The number of halogens is 3. The second kappa shape index (κ2) is 8.78. The van der Waals surface area contributed by atoms with Gasteiger partial charge in [0.1, 0.15) is 17.1 Å². The van der Waals surface area contributed by atoms with Gasteiger partial charge in [-0.05, 0) is 37.3 Å². The lowest BCUT2D eigenvalue weighted by molar-refractivity contribution is -0.140. The third kappa shape index (κ3) is 5.15. The summed E-state index contributed by atoms with van der Waals surface area (Å²) in [5.41, 5.74) is -1.55. The Morgan fingerprint density at radius 3 is 2.46 bits per heavy atom. The number of rotatable bonds is 7. The highest BCUT2D eigenvalue weighted by Gasteiger charge is 2.39. The van der Waals surface area contributed by atoms with Gasteiger partial charge in [0.05, 0.1) is 12.2 Å². The number of carbonyl (C=O) groups excluding carboxylic acids is 1. The van der Waals surface area contributed by atoms with Crippen molar-refractivity contribution in [2.45, 2.75) is 65.0 Å². The van der Waals surface area contributed by atoms with E-state index in [-0.39, 0.29) is 18.6 Å². The summed E-state index contributed by atoms with van der Waals surface area (Å²) in [5.74, 6) is -0.585. The van der Waals surface area contributed by atoms with E-state index in [1.165, 1.54) is 18.9 Å². The van der Waals surface area contributed by atoms with Crippen LogP contribution in [0.2, 0.25) is 0 Å². The van der Waals surface area contributed by atoms with Gasteiger partial charge in [0.15, 0.2) is 5.78 Å². The van der Waals surface area contributed by atoms with E-state index in [0.29, 0.717) is 12.3 Å². The number of ketones is 1. The molecule has 1 aromatic rings. The van der Waals surface area contributed by atoms with Gasteiger partial charge in [-0.25, -0.2) is 0 Å². The Morgan fingerprint density at radius 2 is 1.88 bits per heavy atom. The molecule has 0 radical (unpaired) electrons. The Balaban J connectivity index is 2.04. The highest BCUT2D eigenvalue weighted by molar-refractivity contribution is 5.99. The first-order valence-electron chi connectivity index (χ1n) is 9.33. The van der Waals surface area contributed by atoms with Crippen LogP contribution in [0.15, 0.2) is 12.1 Å². The van der Waals surface area contributed by atoms with Crippen molar-refractivity contribution in [2.24, 2.45) is 11.8 Å². The molecule has 6 heteroatoms. The molecule has 0 bridgehead atoms. The van der Waals surface area contributed by atoms with Crippen LogP contribution in [0.3, 0.4) is 0 Å². The molecule has 2 rings (SSSR count). The molecule has 0 spiro atoms. The van der Waals surface area contributed by atoms with Crippen LogP contribution in [0, 0.1) is 11.8 Å². The van der Waals surface area contributed by atoms with E-state index in [4.69, 9.17) is 4.74 Å². The smallest absolute Gasteiger partial charge is 0.423 e. The standard InChI is InChI=1S/C20H27F3O3/c1-3-26-17-12-11-15(19(25)18(17)20(21,22)23)16(24)6-4-5-14-9-7-13(2)8-10-14/h11-14,25H,3-10H2,1-2H3. The van der Waals surface area contributed by atoms with Crippen LogP contribution in [0.25, 0.3) is 0 Å². The monoisotopic (exact) mass is 372 g/mol. The number of benzene rings is 1. The summed E-state index contributed by atoms with van der Waals surface area (Å²) in [5, 5.41) is 10.1. The van der Waals surface area contributed by atoms with Crippen molar-refractivity contribution in [3.05, 3.63) is 23.3 Å². The number of hydrogen-bond acceptors (Lipinski definition) is 3. The summed E-state index contributed by atoms with van der Waals surface area (Å²) in [6.07, 6.45) is 1.60. The second-order valence-corrected chi connectivity index (χ2v) is 7.21. The molecular formula is C20H27F3O3. The molecule has 0 saturated heterocycles. The maximum absolute atomic E-state index is 13.3. The Hall–Kier alpha value is -1.72. The third-order valence-electron chi connectivity index (χ3n) is 5.18. The second-order valence-electron chi connectivity index (χ2n) is 7.21. The van der Waals surface area contributed by atoms with Crippen LogP contribution < -0.4 is 4.74 Å². The Bertz CT molecular complexity index is 617. The summed E-state index contributed by atoms with van der Waals surface area (Å²) in [6.45, 7) is 3.84. The molecule has 1 fully saturated rings. The molecule has 0 atom stereocenters. The zero-order chi connectivity index (χ0) is 19.3. The maximum atomic E-state index is 13.3. The lowest BCUT2D eigenvalue weighted by atomic mass is 9.80.